The van der Waals surface area contributed by atoms with Crippen LogP contribution in [-0.4, -0.2) is 39.6 Å². The number of para-hydroxylation sites is 2. The fourth-order valence-electron chi connectivity index (χ4n) is 3.74. The predicted molar refractivity (Wildman–Crippen MR) is 171 cm³/mol. The van der Waals surface area contributed by atoms with Gasteiger partial charge in [-0.2, -0.15) is 0 Å². The number of hydrogen-bond donors (Lipinski definition) is 0. The zero-order valence-corrected chi connectivity index (χ0v) is 29.3. The third kappa shape index (κ3) is 8.89. The van der Waals surface area contributed by atoms with E-state index in [0.29, 0.717) is 11.5 Å². The summed E-state index contributed by atoms with van der Waals surface area (Å²) in [6.45, 7) is 16.3. The molecular weight excluding hydrogens is 620 g/mol. The van der Waals surface area contributed by atoms with Gasteiger partial charge in [-0.1, -0.05) is 36.4 Å². The SMILES string of the molecule is CCOP1(OCC)=NP(OCC)(OCC)=NP(Oc2ccccc2C)(Oc2ccccc2C)=NP(OCC)(OCC)=N1. The number of nitrogens with zero attached hydrogens (tertiary/aromatic N) is 4. The zero-order valence-electron chi connectivity index (χ0n) is 25.7. The highest BCUT2D eigenvalue weighted by Gasteiger charge is 2.44. The fraction of sp³-hybridized carbons (Fsp3) is 0.538. The van der Waals surface area contributed by atoms with Crippen LogP contribution in [0.3, 0.4) is 0 Å². The number of hydrogen-bond acceptors (Lipinski definition) is 12. The Balaban J connectivity index is 2.60. The number of aryl methyl sites for hydroxylation is 2. The van der Waals surface area contributed by atoms with Gasteiger partial charge in [0.1, 0.15) is 11.5 Å². The summed E-state index contributed by atoms with van der Waals surface area (Å²) in [5.74, 6) is 1.03. The Morgan fingerprint density at radius 1 is 0.429 bits per heavy atom. The normalized spacial score (nSPS) is 18.3. The van der Waals surface area contributed by atoms with Gasteiger partial charge < -0.3 is 36.2 Å². The fourth-order valence-corrected chi connectivity index (χ4v) is 16.4. The largest absolute Gasteiger partial charge is 0.457 e. The molecule has 2 aromatic rings. The van der Waals surface area contributed by atoms with E-state index in [9.17, 15) is 0 Å². The number of rotatable bonds is 16. The highest BCUT2D eigenvalue weighted by atomic mass is 31.3. The molecule has 0 fully saturated rings. The summed E-state index contributed by atoms with van der Waals surface area (Å²) in [6, 6.07) is 15.1. The maximum Gasteiger partial charge on any atom is 0.457 e. The third-order valence-electron chi connectivity index (χ3n) is 5.31. The molecule has 0 radical (unpaired) electrons. The van der Waals surface area contributed by atoms with Crippen molar-refractivity contribution in [1.82, 2.24) is 0 Å². The van der Waals surface area contributed by atoms with Crippen LogP contribution in [-0.2, 0) is 27.1 Å². The molecule has 3 rings (SSSR count). The summed E-state index contributed by atoms with van der Waals surface area (Å²) in [5.41, 5.74) is 1.70. The highest BCUT2D eigenvalue weighted by Crippen LogP contribution is 2.80. The molecule has 2 aromatic carbocycles. The summed E-state index contributed by atoms with van der Waals surface area (Å²) in [4.78, 5) is 0. The molecule has 0 atom stereocenters. The lowest BCUT2D eigenvalue weighted by molar-refractivity contribution is 0.242. The molecule has 1 aliphatic heterocycles. The van der Waals surface area contributed by atoms with E-state index >= 15 is 0 Å². The Morgan fingerprint density at radius 3 is 0.976 bits per heavy atom. The van der Waals surface area contributed by atoms with Gasteiger partial charge in [0.25, 0.3) is 0 Å². The van der Waals surface area contributed by atoms with Gasteiger partial charge in [0.15, 0.2) is 0 Å². The van der Waals surface area contributed by atoms with Crippen molar-refractivity contribution in [1.29, 1.82) is 0 Å². The minimum absolute atomic E-state index is 0.227. The van der Waals surface area contributed by atoms with Gasteiger partial charge in [0.2, 0.25) is 0 Å². The van der Waals surface area contributed by atoms with E-state index in [0.717, 1.165) is 11.1 Å². The molecule has 0 bridgehead atoms. The van der Waals surface area contributed by atoms with Gasteiger partial charge in [-0.3, -0.25) is 0 Å². The Hall–Kier alpha value is -1.28. The van der Waals surface area contributed by atoms with Crippen molar-refractivity contribution in [2.75, 3.05) is 39.6 Å². The zero-order chi connectivity index (χ0) is 30.7. The molecule has 0 amide bonds. The molecule has 0 spiro atoms. The van der Waals surface area contributed by atoms with Gasteiger partial charge in [-0.05, 0) is 78.6 Å². The van der Waals surface area contributed by atoms with E-state index in [1.807, 2.05) is 104 Å². The van der Waals surface area contributed by atoms with Gasteiger partial charge in [-0.25, -0.2) is 0 Å². The van der Waals surface area contributed by atoms with Crippen LogP contribution >= 0.6 is 30.6 Å². The first-order chi connectivity index (χ1) is 20.2. The minimum atomic E-state index is -3.85. The second-order valence-corrected chi connectivity index (χ2v) is 17.2. The van der Waals surface area contributed by atoms with Gasteiger partial charge in [-0.15, -0.1) is 18.1 Å². The smallest absolute Gasteiger partial charge is 0.413 e. The van der Waals surface area contributed by atoms with Crippen LogP contribution in [0.2, 0.25) is 0 Å². The third-order valence-corrected chi connectivity index (χ3v) is 17.0. The predicted octanol–water partition coefficient (Wildman–Crippen LogP) is 10.8. The Kier molecular flexibility index (Phi) is 13.5. The molecule has 16 heteroatoms. The summed E-state index contributed by atoms with van der Waals surface area (Å²) >= 11 is 0. The molecule has 0 unspecified atom stereocenters. The van der Waals surface area contributed by atoms with Gasteiger partial charge in [0.05, 0.1) is 39.6 Å². The lowest BCUT2D eigenvalue weighted by Gasteiger charge is -2.33. The standard InChI is InChI=1S/C26H44N4O8P4/c1-9-31-39(32-10-2)27-40(33-11-3,34-12-4)29-42(37-25-21-17-15-19-23(25)7,38-26-22-18-16-20-24(26)8)30-41(28-39,35-13-5)36-14-6/h15-22H,9-14H2,1-8H3. The summed E-state index contributed by atoms with van der Waals surface area (Å²) in [5, 5.41) is 0. The molecule has 0 saturated heterocycles. The molecule has 0 saturated carbocycles. The van der Waals surface area contributed by atoms with E-state index in [1.165, 1.54) is 0 Å². The first-order valence-electron chi connectivity index (χ1n) is 14.1. The van der Waals surface area contributed by atoms with Crippen LogP contribution in [0.4, 0.5) is 0 Å². The van der Waals surface area contributed by atoms with Crippen molar-refractivity contribution in [3.63, 3.8) is 0 Å². The molecule has 236 valence electrons. The van der Waals surface area contributed by atoms with Crippen LogP contribution in [0.5, 0.6) is 11.5 Å². The van der Waals surface area contributed by atoms with E-state index in [4.69, 9.17) is 54.3 Å². The van der Waals surface area contributed by atoms with Crippen LogP contribution in [0.1, 0.15) is 52.7 Å². The molecule has 42 heavy (non-hydrogen) atoms. The molecule has 12 nitrogen and oxygen atoms in total. The van der Waals surface area contributed by atoms with Crippen LogP contribution < -0.4 is 9.05 Å². The Bertz CT molecular complexity index is 1330. The van der Waals surface area contributed by atoms with Gasteiger partial charge in [0, 0.05) is 0 Å². The molecule has 1 heterocycles. The molecule has 0 aliphatic carbocycles. The van der Waals surface area contributed by atoms with Crippen molar-refractivity contribution >= 4 is 30.6 Å². The Morgan fingerprint density at radius 2 is 0.690 bits per heavy atom. The van der Waals surface area contributed by atoms with Crippen LogP contribution in [0.25, 0.3) is 0 Å². The van der Waals surface area contributed by atoms with E-state index in [-0.39, 0.29) is 39.6 Å². The first kappa shape index (κ1) is 35.2. The van der Waals surface area contributed by atoms with Crippen molar-refractivity contribution < 1.29 is 36.2 Å². The summed E-state index contributed by atoms with van der Waals surface area (Å²) in [7, 11) is -14.5. The van der Waals surface area contributed by atoms with Crippen molar-refractivity contribution in [2.24, 2.45) is 18.1 Å². The second kappa shape index (κ2) is 16.2. The quantitative estimate of drug-likeness (QED) is 0.162. The average molecular weight is 665 g/mol. The average Bonchev–Trinajstić information content (AvgIpc) is 2.91. The maximum absolute atomic E-state index is 6.75. The summed E-state index contributed by atoms with van der Waals surface area (Å²) < 4.78 is 71.3. The maximum atomic E-state index is 6.75. The molecular formula is C26H44N4O8P4. The monoisotopic (exact) mass is 664 g/mol. The minimum Gasteiger partial charge on any atom is -0.413 e. The summed E-state index contributed by atoms with van der Waals surface area (Å²) in [6.07, 6.45) is 0. The number of benzene rings is 2. The van der Waals surface area contributed by atoms with Crippen LogP contribution in [0, 0.1) is 13.8 Å². The van der Waals surface area contributed by atoms with Crippen LogP contribution in [0.15, 0.2) is 66.6 Å². The molecule has 1 aliphatic rings. The van der Waals surface area contributed by atoms with Crippen molar-refractivity contribution in [3.8, 4) is 11.5 Å². The van der Waals surface area contributed by atoms with Crippen molar-refractivity contribution in [2.45, 2.75) is 55.4 Å². The first-order valence-corrected chi connectivity index (χ1v) is 20.2. The lowest BCUT2D eigenvalue weighted by Crippen LogP contribution is -2.07. The molecule has 0 aromatic heterocycles. The van der Waals surface area contributed by atoms with E-state index in [1.54, 1.807) is 0 Å². The lowest BCUT2D eigenvalue weighted by atomic mass is 10.2. The Labute approximate surface area is 250 Å². The van der Waals surface area contributed by atoms with E-state index < -0.39 is 30.6 Å². The topological polar surface area (TPSA) is 123 Å². The molecule has 0 N–H and O–H groups in total. The van der Waals surface area contributed by atoms with Crippen molar-refractivity contribution in [3.05, 3.63) is 59.7 Å². The van der Waals surface area contributed by atoms with E-state index in [2.05, 4.69) is 0 Å². The highest BCUT2D eigenvalue weighted by molar-refractivity contribution is 7.78. The van der Waals surface area contributed by atoms with Gasteiger partial charge >= 0.3 is 30.6 Å². The second-order valence-electron chi connectivity index (χ2n) is 8.54.